The van der Waals surface area contributed by atoms with Crippen molar-refractivity contribution in [1.82, 2.24) is 25.9 Å². The number of anilines is 2. The van der Waals surface area contributed by atoms with Gasteiger partial charge in [0.15, 0.2) is 0 Å². The van der Waals surface area contributed by atoms with E-state index in [4.69, 9.17) is 19.4 Å². The third-order valence-electron chi connectivity index (χ3n) is 6.76. The number of pyridine rings is 1. The molecule has 3 heterocycles. The lowest BCUT2D eigenvalue weighted by atomic mass is 9.69. The van der Waals surface area contributed by atoms with E-state index in [0.29, 0.717) is 63.1 Å². The molecule has 194 valence electrons. The Kier molecular flexibility index (Phi) is 6.77. The summed E-state index contributed by atoms with van der Waals surface area (Å²) in [5, 5.41) is 22.6. The lowest BCUT2D eigenvalue weighted by Crippen LogP contribution is -2.45. The van der Waals surface area contributed by atoms with Gasteiger partial charge in [0.25, 0.3) is 0 Å². The topological polar surface area (TPSA) is 101 Å². The normalized spacial score (nSPS) is 16.3. The Morgan fingerprint density at radius 2 is 2.08 bits per heavy atom. The quantitative estimate of drug-likeness (QED) is 0.219. The van der Waals surface area contributed by atoms with Gasteiger partial charge in [0.2, 0.25) is 0 Å². The third kappa shape index (κ3) is 5.11. The second-order valence-corrected chi connectivity index (χ2v) is 10.9. The lowest BCUT2D eigenvalue weighted by molar-refractivity contribution is 0.260. The average Bonchev–Trinajstić information content (AvgIpc) is 3.41. The Labute approximate surface area is 235 Å². The summed E-state index contributed by atoms with van der Waals surface area (Å²) < 4.78 is 13.8. The molecule has 1 unspecified atom stereocenters. The van der Waals surface area contributed by atoms with E-state index in [-0.39, 0.29) is 5.82 Å². The van der Waals surface area contributed by atoms with Crippen LogP contribution in [-0.4, -0.2) is 35.4 Å². The highest BCUT2D eigenvalue weighted by atomic mass is 35.5. The molecule has 0 amide bonds. The number of nitrogens with zero attached hydrogens (tertiary/aromatic N) is 4. The number of halogens is 2. The standard InChI is InChI=1S/C27H23BClFN8S/c28-27(17-1-3-18(30)4-2-17,23-15-38(37-36-23)20-5-6-20)35-19-11-21-25(33-8-7-24-32-9-10-39-24)16(13-31)14-34-26(21)22(29)12-19/h1-4,9-12,14-15,20,35-37H,5-8H2,(H,33,34). The van der Waals surface area contributed by atoms with E-state index in [9.17, 15) is 9.65 Å². The predicted molar refractivity (Wildman–Crippen MR) is 152 cm³/mol. The van der Waals surface area contributed by atoms with Gasteiger partial charge < -0.3 is 16.1 Å². The maximum absolute atomic E-state index is 13.8. The van der Waals surface area contributed by atoms with E-state index in [2.05, 4.69) is 37.6 Å². The van der Waals surface area contributed by atoms with E-state index in [1.165, 1.54) is 18.3 Å². The van der Waals surface area contributed by atoms with Crippen molar-refractivity contribution >= 4 is 53.1 Å². The van der Waals surface area contributed by atoms with Crippen LogP contribution in [0.5, 0.6) is 0 Å². The smallest absolute Gasteiger partial charge is 0.123 e. The summed E-state index contributed by atoms with van der Waals surface area (Å²) in [7, 11) is 7.05. The van der Waals surface area contributed by atoms with Gasteiger partial charge in [0.05, 0.1) is 37.9 Å². The molecule has 2 radical (unpaired) electrons. The molecule has 4 N–H and O–H groups in total. The summed E-state index contributed by atoms with van der Waals surface area (Å²) >= 11 is 8.29. The summed E-state index contributed by atoms with van der Waals surface area (Å²) in [6, 6.07) is 12.3. The molecule has 2 aliphatic rings. The summed E-state index contributed by atoms with van der Waals surface area (Å²) in [4.78, 5) is 8.77. The molecule has 1 aliphatic carbocycles. The van der Waals surface area contributed by atoms with Gasteiger partial charge in [0.1, 0.15) is 19.7 Å². The number of benzene rings is 2. The molecule has 0 spiro atoms. The van der Waals surface area contributed by atoms with Crippen LogP contribution in [0.2, 0.25) is 5.02 Å². The van der Waals surface area contributed by atoms with Gasteiger partial charge in [-0.15, -0.1) is 16.9 Å². The predicted octanol–water partition coefficient (Wildman–Crippen LogP) is 4.77. The fourth-order valence-corrected chi connectivity index (χ4v) is 5.48. The fourth-order valence-electron chi connectivity index (χ4n) is 4.59. The molecule has 6 rings (SSSR count). The highest BCUT2D eigenvalue weighted by molar-refractivity contribution is 7.09. The Morgan fingerprint density at radius 3 is 2.79 bits per heavy atom. The van der Waals surface area contributed by atoms with Crippen molar-refractivity contribution in [2.45, 2.75) is 30.7 Å². The molecule has 2 aromatic heterocycles. The molecule has 0 saturated heterocycles. The van der Waals surface area contributed by atoms with Crippen LogP contribution in [0.4, 0.5) is 15.8 Å². The monoisotopic (exact) mass is 556 g/mol. The number of hydrazine groups is 2. The van der Waals surface area contributed by atoms with Crippen LogP contribution in [0, 0.1) is 17.1 Å². The number of aromatic nitrogens is 2. The van der Waals surface area contributed by atoms with Crippen LogP contribution in [-0.2, 0) is 11.9 Å². The zero-order valence-corrected chi connectivity index (χ0v) is 22.3. The molecule has 4 aromatic rings. The third-order valence-corrected chi connectivity index (χ3v) is 7.89. The maximum Gasteiger partial charge on any atom is 0.123 e. The Balaban J connectivity index is 1.39. The van der Waals surface area contributed by atoms with Gasteiger partial charge in [-0.2, -0.15) is 5.26 Å². The van der Waals surface area contributed by atoms with Gasteiger partial charge in [-0.1, -0.05) is 23.7 Å². The van der Waals surface area contributed by atoms with Crippen LogP contribution in [0.1, 0.15) is 29.0 Å². The van der Waals surface area contributed by atoms with Crippen molar-refractivity contribution in [3.8, 4) is 6.07 Å². The molecule has 1 fully saturated rings. The van der Waals surface area contributed by atoms with Crippen LogP contribution in [0.25, 0.3) is 10.9 Å². The van der Waals surface area contributed by atoms with E-state index in [1.807, 2.05) is 22.7 Å². The first-order valence-electron chi connectivity index (χ1n) is 12.4. The van der Waals surface area contributed by atoms with Gasteiger partial charge in [-0.25, -0.2) is 9.37 Å². The Morgan fingerprint density at radius 1 is 1.26 bits per heavy atom. The first kappa shape index (κ1) is 25.4. The molecule has 39 heavy (non-hydrogen) atoms. The number of hydrogen-bond acceptors (Lipinski definition) is 9. The van der Waals surface area contributed by atoms with E-state index in [0.717, 1.165) is 17.8 Å². The first-order valence-corrected chi connectivity index (χ1v) is 13.7. The van der Waals surface area contributed by atoms with Crippen molar-refractivity contribution in [1.29, 1.82) is 5.26 Å². The summed E-state index contributed by atoms with van der Waals surface area (Å²) in [5.41, 5.74) is 8.55. The molecule has 2 aromatic carbocycles. The zero-order valence-electron chi connectivity index (χ0n) is 20.7. The minimum Gasteiger partial charge on any atom is -0.383 e. The van der Waals surface area contributed by atoms with Crippen LogP contribution >= 0.6 is 22.9 Å². The van der Waals surface area contributed by atoms with Crippen LogP contribution < -0.4 is 21.6 Å². The molecular weight excluding hydrogens is 534 g/mol. The molecule has 1 aliphatic heterocycles. The average molecular weight is 557 g/mol. The van der Waals surface area contributed by atoms with E-state index >= 15 is 0 Å². The molecular formula is C27H23BClFN8S. The van der Waals surface area contributed by atoms with Crippen molar-refractivity contribution < 1.29 is 4.39 Å². The highest BCUT2D eigenvalue weighted by Gasteiger charge is 2.37. The highest BCUT2D eigenvalue weighted by Crippen LogP contribution is 2.38. The number of nitrogens with one attached hydrogen (secondary N) is 4. The largest absolute Gasteiger partial charge is 0.383 e. The van der Waals surface area contributed by atoms with Gasteiger partial charge >= 0.3 is 0 Å². The van der Waals surface area contributed by atoms with E-state index < -0.39 is 5.44 Å². The SMILES string of the molecule is [B]C(Nc1cc(Cl)c2ncc(C#N)c(NCCc3nccs3)c2c1)(C1=CN(C2CC2)NN1)c1ccc(F)cc1. The second-order valence-electron chi connectivity index (χ2n) is 9.47. The van der Waals surface area contributed by atoms with Crippen LogP contribution in [0.3, 0.4) is 0 Å². The zero-order chi connectivity index (χ0) is 27.0. The lowest BCUT2D eigenvalue weighted by Gasteiger charge is -2.34. The number of nitriles is 1. The number of hydrogen-bond donors (Lipinski definition) is 4. The van der Waals surface area contributed by atoms with Crippen molar-refractivity contribution in [2.75, 3.05) is 17.2 Å². The minimum absolute atomic E-state index is 0.357. The fraction of sp³-hybridized carbons (Fsp3) is 0.222. The number of fused-ring (bicyclic) bond motifs is 1. The first-order chi connectivity index (χ1) is 18.9. The summed E-state index contributed by atoms with van der Waals surface area (Å²) in [6.07, 6.45) is 8.11. The molecule has 1 atom stereocenters. The summed E-state index contributed by atoms with van der Waals surface area (Å²) in [6.45, 7) is 0.576. The van der Waals surface area contributed by atoms with Crippen molar-refractivity contribution in [3.63, 3.8) is 0 Å². The van der Waals surface area contributed by atoms with Gasteiger partial charge in [-0.05, 0) is 42.7 Å². The number of thiazole rings is 1. The van der Waals surface area contributed by atoms with E-state index in [1.54, 1.807) is 35.7 Å². The molecule has 8 nitrogen and oxygen atoms in total. The number of rotatable bonds is 9. The summed E-state index contributed by atoms with van der Waals surface area (Å²) in [5.74, 6) is -0.357. The molecule has 0 bridgehead atoms. The van der Waals surface area contributed by atoms with Crippen LogP contribution in [0.15, 0.2) is 66.1 Å². The second kappa shape index (κ2) is 10.4. The van der Waals surface area contributed by atoms with Crippen molar-refractivity contribution in [3.05, 3.63) is 93.0 Å². The van der Waals surface area contributed by atoms with Gasteiger partial charge in [0, 0.05) is 54.1 Å². The van der Waals surface area contributed by atoms with Gasteiger partial charge in [-0.3, -0.25) is 9.99 Å². The minimum atomic E-state index is -1.26. The Hall–Kier alpha value is -3.85. The molecule has 1 saturated carbocycles. The van der Waals surface area contributed by atoms with Crippen molar-refractivity contribution in [2.24, 2.45) is 0 Å². The Bertz CT molecular complexity index is 1590. The molecule has 12 heteroatoms. The maximum atomic E-state index is 13.8.